The lowest BCUT2D eigenvalue weighted by Crippen LogP contribution is -1.98. The summed E-state index contributed by atoms with van der Waals surface area (Å²) in [5, 5.41) is 7.29. The number of halogens is 1. The first kappa shape index (κ1) is 17.2. The summed E-state index contributed by atoms with van der Waals surface area (Å²) < 4.78 is 0. The Morgan fingerprint density at radius 2 is 1.69 bits per heavy atom. The van der Waals surface area contributed by atoms with Crippen molar-refractivity contribution in [1.29, 1.82) is 0 Å². The molecule has 1 N–H and O–H groups in total. The Labute approximate surface area is 105 Å². The van der Waals surface area contributed by atoms with Crippen molar-refractivity contribution in [3.05, 3.63) is 35.4 Å². The first-order valence-corrected chi connectivity index (χ1v) is 6.01. The first-order valence-electron chi connectivity index (χ1n) is 4.89. The second-order valence-corrected chi connectivity index (χ2v) is 3.09. The van der Waals surface area contributed by atoms with E-state index in [2.05, 4.69) is 15.9 Å². The van der Waals surface area contributed by atoms with Crippen molar-refractivity contribution in [3.8, 4) is 0 Å². The third-order valence-corrected chi connectivity index (χ3v) is 2.00. The average Bonchev–Trinajstić information content (AvgIpc) is 2.33. The Morgan fingerprint density at radius 3 is 2.00 bits per heavy atom. The van der Waals surface area contributed by atoms with Crippen LogP contribution in [0.15, 0.2) is 24.3 Å². The summed E-state index contributed by atoms with van der Waals surface area (Å²) in [6, 6.07) is 7.57. The van der Waals surface area contributed by atoms with Gasteiger partial charge in [-0.3, -0.25) is 9.59 Å². The molecule has 0 saturated heterocycles. The molecule has 16 heavy (non-hydrogen) atoms. The van der Waals surface area contributed by atoms with Crippen LogP contribution in [0.5, 0.6) is 0 Å². The fourth-order valence-electron chi connectivity index (χ4n) is 0.817. The molecule has 0 saturated carbocycles. The van der Waals surface area contributed by atoms with Crippen molar-refractivity contribution in [3.63, 3.8) is 0 Å². The lowest BCUT2D eigenvalue weighted by atomic mass is 10.1. The van der Waals surface area contributed by atoms with Crippen LogP contribution in [0.25, 0.3) is 0 Å². The van der Waals surface area contributed by atoms with Crippen LogP contribution in [0, 0.1) is 6.92 Å². The molecule has 0 aliphatic heterocycles. The van der Waals surface area contributed by atoms with E-state index in [1.165, 1.54) is 5.56 Å². The van der Waals surface area contributed by atoms with Crippen LogP contribution in [0.3, 0.4) is 0 Å². The molecule has 0 fully saturated rings. The number of benzene rings is 1. The molecule has 1 aromatic rings. The Balaban J connectivity index is 0. The van der Waals surface area contributed by atoms with Gasteiger partial charge in [-0.05, 0) is 6.92 Å². The molecule has 3 nitrogen and oxygen atoms in total. The highest BCUT2D eigenvalue weighted by Gasteiger charge is 2.00. The predicted molar refractivity (Wildman–Crippen MR) is 69.3 cm³/mol. The number of Topliss-reactive ketones (excluding diaryl/α,β-unsaturated/α-hetero) is 1. The zero-order valence-corrected chi connectivity index (χ0v) is 11.3. The standard InChI is InChI=1S/C9H9BrO.C2H6.CH2O2/c1-7-2-4-8(5-3-7)9(11)6-10;1-2;2-1-3/h2-5H,6H2,1H3;1-2H3;1H,(H,2,3). The van der Waals surface area contributed by atoms with Gasteiger partial charge >= 0.3 is 0 Å². The highest BCUT2D eigenvalue weighted by Crippen LogP contribution is 2.04. The molecule has 1 rings (SSSR count). The number of carboxylic acid groups (broad SMARTS) is 1. The average molecular weight is 289 g/mol. The maximum absolute atomic E-state index is 11.1. The molecule has 0 atom stereocenters. The Morgan fingerprint density at radius 1 is 1.31 bits per heavy atom. The zero-order valence-electron chi connectivity index (χ0n) is 9.74. The van der Waals surface area contributed by atoms with Gasteiger partial charge < -0.3 is 5.11 Å². The van der Waals surface area contributed by atoms with Gasteiger partial charge in [0.15, 0.2) is 5.78 Å². The van der Waals surface area contributed by atoms with E-state index in [1.54, 1.807) is 0 Å². The van der Waals surface area contributed by atoms with E-state index in [0.717, 1.165) is 5.56 Å². The largest absolute Gasteiger partial charge is 0.483 e. The number of hydrogen-bond acceptors (Lipinski definition) is 2. The van der Waals surface area contributed by atoms with E-state index in [-0.39, 0.29) is 12.3 Å². The summed E-state index contributed by atoms with van der Waals surface area (Å²) >= 11 is 3.12. The van der Waals surface area contributed by atoms with Crippen LogP contribution in [-0.4, -0.2) is 22.7 Å². The minimum atomic E-state index is -0.250. The molecule has 0 unspecified atom stereocenters. The molecule has 0 bridgehead atoms. The van der Waals surface area contributed by atoms with Crippen LogP contribution in [0.2, 0.25) is 0 Å². The molecule has 0 aliphatic carbocycles. The van der Waals surface area contributed by atoms with Crippen molar-refractivity contribution in [2.24, 2.45) is 0 Å². The van der Waals surface area contributed by atoms with Gasteiger partial charge in [0.1, 0.15) is 0 Å². The molecule has 0 aromatic heterocycles. The molecule has 4 heteroatoms. The number of ketones is 1. The summed E-state index contributed by atoms with van der Waals surface area (Å²) in [5.74, 6) is 0.130. The number of carbonyl (C=O) groups excluding carboxylic acids is 1. The Kier molecular flexibility index (Phi) is 12.8. The SMILES string of the molecule is CC.Cc1ccc(C(=O)CBr)cc1.O=CO. The molecule has 0 aliphatic rings. The van der Waals surface area contributed by atoms with Crippen LogP contribution in [0.1, 0.15) is 29.8 Å². The lowest BCUT2D eigenvalue weighted by Gasteiger charge is -1.96. The van der Waals surface area contributed by atoms with Gasteiger partial charge in [-0.25, -0.2) is 0 Å². The molecule has 0 heterocycles. The maximum Gasteiger partial charge on any atom is 0.290 e. The predicted octanol–water partition coefficient (Wildman–Crippen LogP) is 3.30. The van der Waals surface area contributed by atoms with Crippen molar-refractivity contribution in [2.75, 3.05) is 5.33 Å². The van der Waals surface area contributed by atoms with Gasteiger partial charge in [0.2, 0.25) is 0 Å². The molecular weight excluding hydrogens is 272 g/mol. The molecule has 1 aromatic carbocycles. The number of carbonyl (C=O) groups is 2. The summed E-state index contributed by atoms with van der Waals surface area (Å²) in [6.07, 6.45) is 0. The lowest BCUT2D eigenvalue weighted by molar-refractivity contribution is -0.122. The van der Waals surface area contributed by atoms with Crippen molar-refractivity contribution in [1.82, 2.24) is 0 Å². The third kappa shape index (κ3) is 8.17. The van der Waals surface area contributed by atoms with Crippen LogP contribution < -0.4 is 0 Å². The number of hydrogen-bond donors (Lipinski definition) is 1. The number of aryl methyl sites for hydroxylation is 1. The second-order valence-electron chi connectivity index (χ2n) is 2.53. The second kappa shape index (κ2) is 11.9. The third-order valence-electron chi connectivity index (χ3n) is 1.49. The highest BCUT2D eigenvalue weighted by atomic mass is 79.9. The van der Waals surface area contributed by atoms with Gasteiger partial charge in [0.05, 0.1) is 5.33 Å². The summed E-state index contributed by atoms with van der Waals surface area (Å²) in [4.78, 5) is 19.4. The van der Waals surface area contributed by atoms with Crippen molar-refractivity contribution >= 4 is 28.2 Å². The Bertz CT molecular complexity index is 294. The molecule has 90 valence electrons. The van der Waals surface area contributed by atoms with Crippen molar-refractivity contribution < 1.29 is 14.7 Å². The molecule has 0 spiro atoms. The fraction of sp³-hybridized carbons (Fsp3) is 0.333. The number of rotatable bonds is 2. The number of alkyl halides is 1. The summed E-state index contributed by atoms with van der Waals surface area (Å²) in [5.41, 5.74) is 1.95. The van der Waals surface area contributed by atoms with Crippen LogP contribution in [-0.2, 0) is 4.79 Å². The van der Waals surface area contributed by atoms with E-state index in [9.17, 15) is 4.79 Å². The monoisotopic (exact) mass is 288 g/mol. The van der Waals surface area contributed by atoms with E-state index < -0.39 is 0 Å². The smallest absolute Gasteiger partial charge is 0.290 e. The van der Waals surface area contributed by atoms with Gasteiger partial charge in [-0.1, -0.05) is 59.6 Å². The quantitative estimate of drug-likeness (QED) is 0.516. The zero-order chi connectivity index (χ0) is 13.0. The van der Waals surface area contributed by atoms with E-state index in [1.807, 2.05) is 45.0 Å². The van der Waals surface area contributed by atoms with E-state index in [0.29, 0.717) is 5.33 Å². The minimum Gasteiger partial charge on any atom is -0.483 e. The van der Waals surface area contributed by atoms with Crippen LogP contribution >= 0.6 is 15.9 Å². The highest BCUT2D eigenvalue weighted by molar-refractivity contribution is 9.09. The summed E-state index contributed by atoms with van der Waals surface area (Å²) in [7, 11) is 0. The first-order chi connectivity index (χ1) is 7.65. The summed E-state index contributed by atoms with van der Waals surface area (Å²) in [6.45, 7) is 5.75. The minimum absolute atomic E-state index is 0.130. The Hall–Kier alpha value is -1.16. The molecule has 0 radical (unpaired) electrons. The van der Waals surface area contributed by atoms with Gasteiger partial charge in [-0.2, -0.15) is 0 Å². The van der Waals surface area contributed by atoms with Gasteiger partial charge in [-0.15, -0.1) is 0 Å². The van der Waals surface area contributed by atoms with Gasteiger partial charge in [0.25, 0.3) is 6.47 Å². The molecular formula is C12H17BrO3. The van der Waals surface area contributed by atoms with E-state index in [4.69, 9.17) is 9.90 Å². The van der Waals surface area contributed by atoms with E-state index >= 15 is 0 Å². The molecule has 0 amide bonds. The van der Waals surface area contributed by atoms with Gasteiger partial charge in [0, 0.05) is 5.56 Å². The normalized spacial score (nSPS) is 7.75. The maximum atomic E-state index is 11.1. The fourth-order valence-corrected chi connectivity index (χ4v) is 1.14. The van der Waals surface area contributed by atoms with Crippen molar-refractivity contribution in [2.45, 2.75) is 20.8 Å². The topological polar surface area (TPSA) is 54.4 Å². The van der Waals surface area contributed by atoms with Crippen LogP contribution in [0.4, 0.5) is 0 Å².